The molecule has 82 valence electrons. The number of ketones is 1. The molecule has 0 amide bonds. The number of rotatable bonds is 2. The standard InChI is InChI=1S/C14H13FO/c15-12-5-3-10(4-6-12)14(16)13-8-9-1-2-11(13)7-9/h1-6,9,11,13H,7-8H2. The highest BCUT2D eigenvalue weighted by Crippen LogP contribution is 2.44. The number of carbonyl (C=O) groups is 1. The number of fused-ring (bicyclic) bond motifs is 2. The van der Waals surface area contributed by atoms with Gasteiger partial charge in [-0.3, -0.25) is 4.79 Å². The topological polar surface area (TPSA) is 17.1 Å². The van der Waals surface area contributed by atoms with Gasteiger partial charge >= 0.3 is 0 Å². The van der Waals surface area contributed by atoms with Crippen LogP contribution in [0.3, 0.4) is 0 Å². The lowest BCUT2D eigenvalue weighted by molar-refractivity contribution is 0.0901. The maximum atomic E-state index is 12.8. The molecular weight excluding hydrogens is 203 g/mol. The van der Waals surface area contributed by atoms with Gasteiger partial charge in [-0.25, -0.2) is 4.39 Å². The Labute approximate surface area is 94.0 Å². The SMILES string of the molecule is O=C(c1ccc(F)cc1)C1CC2C=CC1C2. The van der Waals surface area contributed by atoms with Crippen molar-refractivity contribution in [1.29, 1.82) is 0 Å². The summed E-state index contributed by atoms with van der Waals surface area (Å²) in [5.41, 5.74) is 0.646. The molecule has 1 aromatic rings. The Morgan fingerprint density at radius 3 is 2.44 bits per heavy atom. The molecule has 2 bridgehead atoms. The molecule has 3 rings (SSSR count). The Hall–Kier alpha value is -1.44. The van der Waals surface area contributed by atoms with Crippen molar-refractivity contribution in [2.45, 2.75) is 12.8 Å². The predicted molar refractivity (Wildman–Crippen MR) is 59.6 cm³/mol. The van der Waals surface area contributed by atoms with E-state index in [1.165, 1.54) is 12.1 Å². The molecule has 0 spiro atoms. The van der Waals surface area contributed by atoms with Gasteiger partial charge in [-0.15, -0.1) is 0 Å². The molecule has 2 heteroatoms. The normalized spacial score (nSPS) is 30.9. The molecule has 16 heavy (non-hydrogen) atoms. The zero-order valence-corrected chi connectivity index (χ0v) is 8.90. The van der Waals surface area contributed by atoms with E-state index in [9.17, 15) is 9.18 Å². The van der Waals surface area contributed by atoms with Crippen LogP contribution >= 0.6 is 0 Å². The highest BCUT2D eigenvalue weighted by molar-refractivity contribution is 5.98. The van der Waals surface area contributed by atoms with Gasteiger partial charge in [-0.2, -0.15) is 0 Å². The van der Waals surface area contributed by atoms with Crippen LogP contribution in [0.2, 0.25) is 0 Å². The first-order valence-electron chi connectivity index (χ1n) is 5.72. The summed E-state index contributed by atoms with van der Waals surface area (Å²) in [5, 5.41) is 0. The van der Waals surface area contributed by atoms with Crippen molar-refractivity contribution in [2.75, 3.05) is 0 Å². The number of benzene rings is 1. The van der Waals surface area contributed by atoms with Gasteiger partial charge in [0, 0.05) is 11.5 Å². The average molecular weight is 216 g/mol. The van der Waals surface area contributed by atoms with Crippen LogP contribution in [0.4, 0.5) is 4.39 Å². The monoisotopic (exact) mass is 216 g/mol. The van der Waals surface area contributed by atoms with E-state index in [2.05, 4.69) is 12.2 Å². The molecule has 0 radical (unpaired) electrons. The lowest BCUT2D eigenvalue weighted by atomic mass is 9.86. The quantitative estimate of drug-likeness (QED) is 0.548. The van der Waals surface area contributed by atoms with E-state index in [0.717, 1.165) is 12.8 Å². The van der Waals surface area contributed by atoms with Crippen molar-refractivity contribution in [2.24, 2.45) is 17.8 Å². The summed E-state index contributed by atoms with van der Waals surface area (Å²) in [7, 11) is 0. The molecule has 1 fully saturated rings. The second kappa shape index (κ2) is 3.55. The average Bonchev–Trinajstić information content (AvgIpc) is 2.91. The molecule has 1 saturated carbocycles. The van der Waals surface area contributed by atoms with E-state index < -0.39 is 0 Å². The molecule has 2 aliphatic carbocycles. The van der Waals surface area contributed by atoms with Gasteiger partial charge < -0.3 is 0 Å². The van der Waals surface area contributed by atoms with Crippen molar-refractivity contribution in [1.82, 2.24) is 0 Å². The van der Waals surface area contributed by atoms with Crippen molar-refractivity contribution in [3.63, 3.8) is 0 Å². The summed E-state index contributed by atoms with van der Waals surface area (Å²) in [6.45, 7) is 0. The first-order chi connectivity index (χ1) is 7.74. The summed E-state index contributed by atoms with van der Waals surface area (Å²) in [6, 6.07) is 5.90. The number of Topliss-reactive ketones (excluding diaryl/α,β-unsaturated/α-hetero) is 1. The van der Waals surface area contributed by atoms with Gasteiger partial charge in [0.05, 0.1) is 0 Å². The highest BCUT2D eigenvalue weighted by atomic mass is 19.1. The number of hydrogen-bond donors (Lipinski definition) is 0. The zero-order valence-electron chi connectivity index (χ0n) is 8.90. The second-order valence-electron chi connectivity index (χ2n) is 4.76. The molecule has 0 aliphatic heterocycles. The molecule has 3 unspecified atom stereocenters. The maximum absolute atomic E-state index is 12.8. The predicted octanol–water partition coefficient (Wildman–Crippen LogP) is 3.22. The summed E-state index contributed by atoms with van der Waals surface area (Å²) >= 11 is 0. The minimum Gasteiger partial charge on any atom is -0.294 e. The van der Waals surface area contributed by atoms with Crippen LogP contribution in [-0.2, 0) is 0 Å². The Balaban J connectivity index is 1.83. The van der Waals surface area contributed by atoms with Crippen LogP contribution in [0.15, 0.2) is 36.4 Å². The van der Waals surface area contributed by atoms with Crippen LogP contribution in [0.25, 0.3) is 0 Å². The fraction of sp³-hybridized carbons (Fsp3) is 0.357. The van der Waals surface area contributed by atoms with Crippen molar-refractivity contribution >= 4 is 5.78 Å². The van der Waals surface area contributed by atoms with Gasteiger partial charge in [0.15, 0.2) is 5.78 Å². The third-order valence-electron chi connectivity index (χ3n) is 3.74. The minimum absolute atomic E-state index is 0.125. The third kappa shape index (κ3) is 1.49. The first kappa shape index (κ1) is 9.76. The van der Waals surface area contributed by atoms with E-state index in [1.54, 1.807) is 12.1 Å². The maximum Gasteiger partial charge on any atom is 0.166 e. The number of hydrogen-bond acceptors (Lipinski definition) is 1. The van der Waals surface area contributed by atoms with E-state index in [-0.39, 0.29) is 17.5 Å². The Bertz CT molecular complexity index is 446. The smallest absolute Gasteiger partial charge is 0.166 e. The van der Waals surface area contributed by atoms with E-state index >= 15 is 0 Å². The van der Waals surface area contributed by atoms with Gasteiger partial charge in [0.25, 0.3) is 0 Å². The lowest BCUT2D eigenvalue weighted by Crippen LogP contribution is -2.19. The molecule has 0 saturated heterocycles. The largest absolute Gasteiger partial charge is 0.294 e. The Kier molecular flexibility index (Phi) is 2.16. The molecule has 3 atom stereocenters. The summed E-state index contributed by atoms with van der Waals surface area (Å²) < 4.78 is 12.8. The van der Waals surface area contributed by atoms with E-state index in [1.807, 2.05) is 0 Å². The zero-order chi connectivity index (χ0) is 11.1. The molecule has 0 heterocycles. The lowest BCUT2D eigenvalue weighted by Gasteiger charge is -2.16. The number of allylic oxidation sites excluding steroid dienone is 2. The van der Waals surface area contributed by atoms with E-state index in [0.29, 0.717) is 17.4 Å². The summed E-state index contributed by atoms with van der Waals surface area (Å²) in [4.78, 5) is 12.2. The molecule has 1 aromatic carbocycles. The van der Waals surface area contributed by atoms with Crippen LogP contribution in [0.1, 0.15) is 23.2 Å². The van der Waals surface area contributed by atoms with Crippen molar-refractivity contribution in [3.05, 3.63) is 47.8 Å². The fourth-order valence-electron chi connectivity index (χ4n) is 2.91. The Morgan fingerprint density at radius 1 is 1.12 bits per heavy atom. The minimum atomic E-state index is -0.288. The number of carbonyl (C=O) groups excluding carboxylic acids is 1. The van der Waals surface area contributed by atoms with Crippen LogP contribution in [0, 0.1) is 23.6 Å². The molecular formula is C14H13FO. The van der Waals surface area contributed by atoms with Gasteiger partial charge in [0.2, 0.25) is 0 Å². The highest BCUT2D eigenvalue weighted by Gasteiger charge is 2.39. The van der Waals surface area contributed by atoms with Crippen molar-refractivity contribution < 1.29 is 9.18 Å². The third-order valence-corrected chi connectivity index (χ3v) is 3.74. The van der Waals surface area contributed by atoms with Crippen LogP contribution in [0.5, 0.6) is 0 Å². The first-order valence-corrected chi connectivity index (χ1v) is 5.72. The molecule has 2 aliphatic rings. The van der Waals surface area contributed by atoms with Crippen molar-refractivity contribution in [3.8, 4) is 0 Å². The van der Waals surface area contributed by atoms with E-state index in [4.69, 9.17) is 0 Å². The summed E-state index contributed by atoms with van der Waals surface area (Å²) in [5.74, 6) is 1.03. The van der Waals surface area contributed by atoms with Gasteiger partial charge in [-0.1, -0.05) is 12.2 Å². The molecule has 0 aromatic heterocycles. The summed E-state index contributed by atoms with van der Waals surface area (Å²) in [6.07, 6.45) is 6.48. The number of halogens is 1. The second-order valence-corrected chi connectivity index (χ2v) is 4.76. The van der Waals surface area contributed by atoms with Gasteiger partial charge in [-0.05, 0) is 48.9 Å². The Morgan fingerprint density at radius 2 is 1.88 bits per heavy atom. The molecule has 0 N–H and O–H groups in total. The van der Waals surface area contributed by atoms with Gasteiger partial charge in [0.1, 0.15) is 5.82 Å². The van der Waals surface area contributed by atoms with Crippen LogP contribution in [-0.4, -0.2) is 5.78 Å². The van der Waals surface area contributed by atoms with Crippen LogP contribution < -0.4 is 0 Å². The fourth-order valence-corrected chi connectivity index (χ4v) is 2.91. The molecule has 1 nitrogen and oxygen atoms in total.